The first-order valence-electron chi connectivity index (χ1n) is 9.88. The molecule has 0 aliphatic carbocycles. The second-order valence-corrected chi connectivity index (χ2v) is 8.95. The van der Waals surface area contributed by atoms with Crippen molar-refractivity contribution in [1.29, 1.82) is 0 Å². The van der Waals surface area contributed by atoms with Crippen LogP contribution in [0.5, 0.6) is 0 Å². The number of benzene rings is 2. The van der Waals surface area contributed by atoms with E-state index in [0.29, 0.717) is 11.0 Å². The number of anilines is 1. The molecule has 1 N–H and O–H groups in total. The first-order chi connectivity index (χ1) is 14.9. The van der Waals surface area contributed by atoms with Crippen molar-refractivity contribution >= 4 is 23.6 Å². The van der Waals surface area contributed by atoms with Crippen LogP contribution in [0.1, 0.15) is 26.5 Å². The normalized spacial score (nSPS) is 11.5. The molecule has 2 aromatic carbocycles. The van der Waals surface area contributed by atoms with Crippen LogP contribution in [0.15, 0.2) is 76.4 Å². The van der Waals surface area contributed by atoms with Crippen molar-refractivity contribution in [2.45, 2.75) is 31.3 Å². The third-order valence-electron chi connectivity index (χ3n) is 4.55. The van der Waals surface area contributed by atoms with Crippen LogP contribution in [0, 0.1) is 0 Å². The van der Waals surface area contributed by atoms with E-state index in [-0.39, 0.29) is 17.1 Å². The van der Waals surface area contributed by atoms with Crippen LogP contribution < -0.4 is 5.32 Å². The maximum absolute atomic E-state index is 12.5. The van der Waals surface area contributed by atoms with Crippen molar-refractivity contribution in [3.63, 3.8) is 0 Å². The van der Waals surface area contributed by atoms with Gasteiger partial charge in [0.2, 0.25) is 11.8 Å². The highest BCUT2D eigenvalue weighted by molar-refractivity contribution is 7.99. The number of carbonyl (C=O) groups excluding carboxylic acids is 1. The summed E-state index contributed by atoms with van der Waals surface area (Å²) in [6.45, 7) is 6.10. The Morgan fingerprint density at radius 3 is 2.35 bits per heavy atom. The number of hydrogen-bond acceptors (Lipinski definition) is 6. The van der Waals surface area contributed by atoms with Crippen LogP contribution in [-0.2, 0) is 10.2 Å². The van der Waals surface area contributed by atoms with E-state index in [9.17, 15) is 4.79 Å². The van der Waals surface area contributed by atoms with Gasteiger partial charge in [-0.05, 0) is 12.1 Å². The fraction of sp³-hybridized carbons (Fsp3) is 0.217. The molecule has 2 heterocycles. The van der Waals surface area contributed by atoms with Crippen LogP contribution in [0.25, 0.3) is 17.1 Å². The molecule has 0 saturated heterocycles. The van der Waals surface area contributed by atoms with Crippen molar-refractivity contribution in [3.05, 3.63) is 72.4 Å². The van der Waals surface area contributed by atoms with Gasteiger partial charge in [0.15, 0.2) is 11.0 Å². The molecule has 31 heavy (non-hydrogen) atoms. The number of nitrogens with one attached hydrogen (secondary N) is 1. The van der Waals surface area contributed by atoms with Crippen LogP contribution in [0.2, 0.25) is 0 Å². The molecule has 0 unspecified atom stereocenters. The molecule has 2 aromatic heterocycles. The van der Waals surface area contributed by atoms with Gasteiger partial charge in [-0.15, -0.1) is 10.2 Å². The van der Waals surface area contributed by atoms with Gasteiger partial charge in [0.05, 0.1) is 11.4 Å². The molecule has 8 heteroatoms. The average Bonchev–Trinajstić information content (AvgIpc) is 3.40. The summed E-state index contributed by atoms with van der Waals surface area (Å²) >= 11 is 1.31. The largest absolute Gasteiger partial charge is 0.338 e. The summed E-state index contributed by atoms with van der Waals surface area (Å²) in [6, 6.07) is 21.5. The Kier molecular flexibility index (Phi) is 5.90. The van der Waals surface area contributed by atoms with Crippen LogP contribution >= 0.6 is 11.8 Å². The molecule has 0 saturated carbocycles. The number of para-hydroxylation sites is 1. The summed E-state index contributed by atoms with van der Waals surface area (Å²) in [5.74, 6) is 1.01. The van der Waals surface area contributed by atoms with Crippen LogP contribution in [-0.4, -0.2) is 31.6 Å². The Morgan fingerprint density at radius 1 is 1.03 bits per heavy atom. The molecular weight excluding hydrogens is 410 g/mol. The minimum absolute atomic E-state index is 0.152. The quantitative estimate of drug-likeness (QED) is 0.433. The molecule has 7 nitrogen and oxygen atoms in total. The van der Waals surface area contributed by atoms with E-state index in [1.54, 1.807) is 6.07 Å². The van der Waals surface area contributed by atoms with E-state index >= 15 is 0 Å². The topological polar surface area (TPSA) is 85.8 Å². The number of nitrogens with zero attached hydrogens (tertiary/aromatic N) is 4. The molecule has 0 fully saturated rings. The van der Waals surface area contributed by atoms with Crippen molar-refractivity contribution in [3.8, 4) is 17.1 Å². The lowest BCUT2D eigenvalue weighted by Gasteiger charge is -2.12. The second kappa shape index (κ2) is 8.77. The zero-order chi connectivity index (χ0) is 21.8. The molecule has 0 bridgehead atoms. The predicted octanol–water partition coefficient (Wildman–Crippen LogP) is 4.95. The van der Waals surface area contributed by atoms with E-state index in [1.807, 2.05) is 86.0 Å². The summed E-state index contributed by atoms with van der Waals surface area (Å²) in [5, 5.41) is 16.1. The Balaban J connectivity index is 1.53. The van der Waals surface area contributed by atoms with E-state index in [0.717, 1.165) is 22.8 Å². The van der Waals surface area contributed by atoms with Gasteiger partial charge in [0, 0.05) is 22.7 Å². The summed E-state index contributed by atoms with van der Waals surface area (Å²) in [5.41, 5.74) is 2.51. The van der Waals surface area contributed by atoms with E-state index in [4.69, 9.17) is 4.52 Å². The number of carbonyl (C=O) groups is 1. The monoisotopic (exact) mass is 433 g/mol. The Bertz CT molecular complexity index is 1160. The van der Waals surface area contributed by atoms with Gasteiger partial charge in [-0.1, -0.05) is 86.2 Å². The molecular formula is C23H23N5O2S. The van der Waals surface area contributed by atoms with Crippen molar-refractivity contribution < 1.29 is 9.32 Å². The Hall–Kier alpha value is -3.39. The van der Waals surface area contributed by atoms with Gasteiger partial charge in [-0.25, -0.2) is 0 Å². The highest BCUT2D eigenvalue weighted by Gasteiger charge is 2.21. The minimum atomic E-state index is -0.203. The number of amides is 1. The van der Waals surface area contributed by atoms with Crippen molar-refractivity contribution in [2.24, 2.45) is 0 Å². The summed E-state index contributed by atoms with van der Waals surface area (Å²) in [6.07, 6.45) is 0. The zero-order valence-corrected chi connectivity index (χ0v) is 18.4. The summed E-state index contributed by atoms with van der Waals surface area (Å²) < 4.78 is 7.20. The maximum atomic E-state index is 12.5. The Labute approximate surface area is 184 Å². The molecule has 0 aliphatic heterocycles. The third-order valence-corrected chi connectivity index (χ3v) is 5.48. The lowest BCUT2D eigenvalue weighted by molar-refractivity contribution is -0.113. The number of rotatable bonds is 6. The fourth-order valence-corrected chi connectivity index (χ4v) is 3.69. The van der Waals surface area contributed by atoms with Gasteiger partial charge in [0.1, 0.15) is 0 Å². The predicted molar refractivity (Wildman–Crippen MR) is 121 cm³/mol. The first-order valence-corrected chi connectivity index (χ1v) is 10.9. The van der Waals surface area contributed by atoms with E-state index in [2.05, 4.69) is 20.7 Å². The maximum Gasteiger partial charge on any atom is 0.237 e. The molecule has 0 atom stereocenters. The number of thioether (sulfide) groups is 1. The lowest BCUT2D eigenvalue weighted by atomic mass is 9.92. The van der Waals surface area contributed by atoms with Gasteiger partial charge in [-0.2, -0.15) is 0 Å². The van der Waals surface area contributed by atoms with E-state index < -0.39 is 0 Å². The van der Waals surface area contributed by atoms with Gasteiger partial charge >= 0.3 is 0 Å². The van der Waals surface area contributed by atoms with Gasteiger partial charge in [0.25, 0.3) is 0 Å². The van der Waals surface area contributed by atoms with Crippen LogP contribution in [0.3, 0.4) is 0 Å². The standard InChI is InChI=1S/C23H23N5O2S/c1-23(2,3)18-14-20(30-27-18)24-19(29)15-31-22-26-25-21(16-10-6-4-7-11-16)28(22)17-12-8-5-9-13-17/h4-14H,15H2,1-3H3,(H,24,29). The molecule has 4 aromatic rings. The van der Waals surface area contributed by atoms with Crippen LogP contribution in [0.4, 0.5) is 5.88 Å². The molecule has 0 aliphatic rings. The number of aromatic nitrogens is 4. The third kappa shape index (κ3) is 4.86. The average molecular weight is 434 g/mol. The SMILES string of the molecule is CC(C)(C)c1cc(NC(=O)CSc2nnc(-c3ccccc3)n2-c2ccccc2)on1. The smallest absolute Gasteiger partial charge is 0.237 e. The van der Waals surface area contributed by atoms with Crippen molar-refractivity contribution in [2.75, 3.05) is 11.1 Å². The molecule has 1 amide bonds. The highest BCUT2D eigenvalue weighted by Crippen LogP contribution is 2.28. The fourth-order valence-electron chi connectivity index (χ4n) is 2.94. The minimum Gasteiger partial charge on any atom is -0.338 e. The second-order valence-electron chi connectivity index (χ2n) is 8.01. The number of hydrogen-bond donors (Lipinski definition) is 1. The van der Waals surface area contributed by atoms with E-state index in [1.165, 1.54) is 11.8 Å². The molecule has 0 radical (unpaired) electrons. The summed E-state index contributed by atoms with van der Waals surface area (Å²) in [4.78, 5) is 12.5. The zero-order valence-electron chi connectivity index (χ0n) is 17.6. The van der Waals surface area contributed by atoms with Crippen molar-refractivity contribution in [1.82, 2.24) is 19.9 Å². The molecule has 4 rings (SSSR count). The summed E-state index contributed by atoms with van der Waals surface area (Å²) in [7, 11) is 0. The molecule has 0 spiro atoms. The van der Waals surface area contributed by atoms with Gasteiger partial charge < -0.3 is 4.52 Å². The first kappa shape index (κ1) is 20.9. The highest BCUT2D eigenvalue weighted by atomic mass is 32.2. The lowest BCUT2D eigenvalue weighted by Crippen LogP contribution is -2.14. The van der Waals surface area contributed by atoms with Gasteiger partial charge in [-0.3, -0.25) is 14.7 Å². The Morgan fingerprint density at radius 2 is 1.71 bits per heavy atom. The molecule has 158 valence electrons.